The lowest BCUT2D eigenvalue weighted by Gasteiger charge is -2.40. The van der Waals surface area contributed by atoms with Crippen LogP contribution in [-0.2, 0) is 0 Å². The Hall–Kier alpha value is -1.54. The third-order valence-corrected chi connectivity index (χ3v) is 13.2. The zero-order chi connectivity index (χ0) is 20.3. The Morgan fingerprint density at radius 1 is 0.767 bits per heavy atom. The predicted molar refractivity (Wildman–Crippen MR) is 130 cm³/mol. The van der Waals surface area contributed by atoms with Crippen LogP contribution in [0.2, 0.25) is 18.6 Å². The summed E-state index contributed by atoms with van der Waals surface area (Å²) in [6, 6.07) is 9.44. The standard InChI is InChI=1S/C28H37NSi/c1-30(2,28-24-15-7-3-11-20(24)21-12-4-8-16-25(21)28)27-19-26(29-17-9-10-18-29)22-13-5-6-14-23(22)27/h5-6,13-14,19,27-28H,3-4,7-12,15-18H2,1-2H3. The normalized spacial score (nSPS) is 26.8. The molecule has 1 aliphatic heterocycles. The average Bonchev–Trinajstić information content (AvgIpc) is 3.49. The fourth-order valence-corrected chi connectivity index (χ4v) is 12.1. The molecule has 6 rings (SSSR count). The number of nitrogens with zero attached hydrogens (tertiary/aromatic N) is 1. The highest BCUT2D eigenvalue weighted by Crippen LogP contribution is 2.59. The molecule has 158 valence electrons. The van der Waals surface area contributed by atoms with Crippen LogP contribution in [0.1, 0.15) is 80.9 Å². The first-order chi connectivity index (χ1) is 14.7. The molecule has 1 heterocycles. The smallest absolute Gasteiger partial charge is 0.0715 e. The van der Waals surface area contributed by atoms with Crippen molar-refractivity contribution in [3.63, 3.8) is 0 Å². The molecular formula is C28H37NSi. The van der Waals surface area contributed by atoms with Gasteiger partial charge in [-0.05, 0) is 86.5 Å². The Morgan fingerprint density at radius 3 is 2.03 bits per heavy atom. The molecule has 1 aromatic rings. The van der Waals surface area contributed by atoms with Crippen LogP contribution in [0.4, 0.5) is 0 Å². The third-order valence-electron chi connectivity index (χ3n) is 8.97. The van der Waals surface area contributed by atoms with Crippen LogP contribution in [0.15, 0.2) is 52.6 Å². The van der Waals surface area contributed by atoms with Crippen LogP contribution in [0.3, 0.4) is 0 Å². The highest BCUT2D eigenvalue weighted by molar-refractivity contribution is 6.82. The third kappa shape index (κ3) is 2.79. The molecule has 2 heteroatoms. The van der Waals surface area contributed by atoms with Gasteiger partial charge in [0.2, 0.25) is 0 Å². The van der Waals surface area contributed by atoms with E-state index >= 15 is 0 Å². The number of allylic oxidation sites excluding steroid dienone is 5. The summed E-state index contributed by atoms with van der Waals surface area (Å²) >= 11 is 0. The van der Waals surface area contributed by atoms with Crippen molar-refractivity contribution in [2.24, 2.45) is 0 Å². The molecule has 4 aliphatic carbocycles. The zero-order valence-electron chi connectivity index (χ0n) is 19.0. The number of hydrogen-bond acceptors (Lipinski definition) is 1. The quantitative estimate of drug-likeness (QED) is 0.460. The van der Waals surface area contributed by atoms with Crippen molar-refractivity contribution in [1.29, 1.82) is 0 Å². The molecule has 0 N–H and O–H groups in total. The highest BCUT2D eigenvalue weighted by Gasteiger charge is 2.49. The van der Waals surface area contributed by atoms with Crippen LogP contribution in [-0.4, -0.2) is 26.1 Å². The first kappa shape index (κ1) is 19.2. The second-order valence-corrected chi connectivity index (χ2v) is 15.8. The number of hydrogen-bond donors (Lipinski definition) is 0. The van der Waals surface area contributed by atoms with Gasteiger partial charge in [0.25, 0.3) is 0 Å². The first-order valence-corrected chi connectivity index (χ1v) is 15.8. The van der Waals surface area contributed by atoms with E-state index in [1.165, 1.54) is 77.3 Å². The molecule has 1 saturated heterocycles. The molecule has 5 aliphatic rings. The molecule has 30 heavy (non-hydrogen) atoms. The molecule has 0 radical (unpaired) electrons. The summed E-state index contributed by atoms with van der Waals surface area (Å²) in [5, 5.41) is 0. The van der Waals surface area contributed by atoms with Gasteiger partial charge in [-0.25, -0.2) is 0 Å². The monoisotopic (exact) mass is 415 g/mol. The van der Waals surface area contributed by atoms with Crippen LogP contribution in [0.25, 0.3) is 5.70 Å². The summed E-state index contributed by atoms with van der Waals surface area (Å²) in [6.07, 6.45) is 16.7. The van der Waals surface area contributed by atoms with Gasteiger partial charge in [-0.1, -0.05) is 54.6 Å². The predicted octanol–water partition coefficient (Wildman–Crippen LogP) is 7.59. The van der Waals surface area contributed by atoms with E-state index in [4.69, 9.17) is 0 Å². The van der Waals surface area contributed by atoms with Crippen molar-refractivity contribution >= 4 is 13.8 Å². The molecule has 0 amide bonds. The maximum absolute atomic E-state index is 2.74. The Morgan fingerprint density at radius 2 is 1.37 bits per heavy atom. The fourth-order valence-electron chi connectivity index (χ4n) is 7.66. The second-order valence-electron chi connectivity index (χ2n) is 11.0. The molecule has 1 aromatic carbocycles. The average molecular weight is 416 g/mol. The Balaban J connectivity index is 1.45. The van der Waals surface area contributed by atoms with Gasteiger partial charge in [0.15, 0.2) is 0 Å². The van der Waals surface area contributed by atoms with Crippen molar-refractivity contribution in [2.45, 2.75) is 88.4 Å². The maximum atomic E-state index is 2.74. The maximum Gasteiger partial charge on any atom is 0.0715 e. The van der Waals surface area contributed by atoms with Gasteiger partial charge in [0, 0.05) is 29.9 Å². The van der Waals surface area contributed by atoms with Crippen molar-refractivity contribution in [1.82, 2.24) is 4.90 Å². The Labute approximate surface area is 184 Å². The van der Waals surface area contributed by atoms with Crippen LogP contribution >= 0.6 is 0 Å². The number of fused-ring (bicyclic) bond motifs is 2. The molecule has 1 nitrogen and oxygen atoms in total. The largest absolute Gasteiger partial charge is 0.371 e. The zero-order valence-corrected chi connectivity index (χ0v) is 20.0. The van der Waals surface area contributed by atoms with Crippen molar-refractivity contribution in [3.8, 4) is 0 Å². The lowest BCUT2D eigenvalue weighted by atomic mass is 9.87. The minimum Gasteiger partial charge on any atom is -0.371 e. The Bertz CT molecular complexity index is 925. The SMILES string of the molecule is C[Si](C)(C1C2=C(CCCC2)C2=C1CCCC2)C1C=C(N2CCCC2)c2ccccc21. The van der Waals surface area contributed by atoms with Crippen molar-refractivity contribution in [3.05, 3.63) is 63.8 Å². The van der Waals surface area contributed by atoms with Gasteiger partial charge in [0.05, 0.1) is 8.07 Å². The van der Waals surface area contributed by atoms with Gasteiger partial charge in [-0.2, -0.15) is 0 Å². The van der Waals surface area contributed by atoms with Gasteiger partial charge in [-0.3, -0.25) is 0 Å². The molecule has 1 fully saturated rings. The van der Waals surface area contributed by atoms with Gasteiger partial charge >= 0.3 is 0 Å². The van der Waals surface area contributed by atoms with Gasteiger partial charge in [-0.15, -0.1) is 0 Å². The molecule has 1 unspecified atom stereocenters. The topological polar surface area (TPSA) is 3.24 Å². The van der Waals surface area contributed by atoms with E-state index < -0.39 is 8.07 Å². The number of likely N-dealkylation sites (tertiary alicyclic amines) is 1. The van der Waals surface area contributed by atoms with E-state index in [2.05, 4.69) is 48.3 Å². The minimum atomic E-state index is -1.62. The summed E-state index contributed by atoms with van der Waals surface area (Å²) in [7, 11) is -1.62. The molecule has 0 aromatic heterocycles. The van der Waals surface area contributed by atoms with Gasteiger partial charge < -0.3 is 4.90 Å². The highest BCUT2D eigenvalue weighted by atomic mass is 28.3. The van der Waals surface area contributed by atoms with Crippen molar-refractivity contribution < 1.29 is 0 Å². The number of rotatable bonds is 3. The summed E-state index contributed by atoms with van der Waals surface area (Å²) in [4.78, 5) is 2.69. The summed E-state index contributed by atoms with van der Waals surface area (Å²) in [5.41, 5.74) is 13.8. The van der Waals surface area contributed by atoms with Crippen molar-refractivity contribution in [2.75, 3.05) is 13.1 Å². The van der Waals surface area contributed by atoms with E-state index in [0.29, 0.717) is 5.54 Å². The summed E-state index contributed by atoms with van der Waals surface area (Å²) in [5.74, 6) is 0. The summed E-state index contributed by atoms with van der Waals surface area (Å²) < 4.78 is 0. The second kappa shape index (κ2) is 7.26. The molecule has 0 spiro atoms. The lowest BCUT2D eigenvalue weighted by molar-refractivity contribution is 0.494. The minimum absolute atomic E-state index is 0.666. The van der Waals surface area contributed by atoms with E-state index in [9.17, 15) is 0 Å². The fraction of sp³-hybridized carbons (Fsp3) is 0.571. The van der Waals surface area contributed by atoms with Crippen LogP contribution < -0.4 is 0 Å². The van der Waals surface area contributed by atoms with Gasteiger partial charge in [0.1, 0.15) is 0 Å². The molecule has 0 bridgehead atoms. The summed E-state index contributed by atoms with van der Waals surface area (Å²) in [6.45, 7) is 7.99. The van der Waals surface area contributed by atoms with E-state index in [1.807, 2.05) is 22.3 Å². The first-order valence-electron chi connectivity index (χ1n) is 12.7. The van der Waals surface area contributed by atoms with Crippen LogP contribution in [0.5, 0.6) is 0 Å². The molecule has 0 saturated carbocycles. The lowest BCUT2D eigenvalue weighted by Crippen LogP contribution is -2.40. The number of benzene rings is 1. The van der Waals surface area contributed by atoms with E-state index in [0.717, 1.165) is 5.54 Å². The van der Waals surface area contributed by atoms with Crippen LogP contribution in [0, 0.1) is 0 Å². The molecular weight excluding hydrogens is 378 g/mol. The van der Waals surface area contributed by atoms with E-state index in [1.54, 1.807) is 16.8 Å². The molecule has 1 atom stereocenters. The Kier molecular flexibility index (Phi) is 4.64. The van der Waals surface area contributed by atoms with E-state index in [-0.39, 0.29) is 0 Å².